The zero-order valence-corrected chi connectivity index (χ0v) is 12.2. The predicted molar refractivity (Wildman–Crippen MR) is 76.2 cm³/mol. The molecule has 1 amide bonds. The summed E-state index contributed by atoms with van der Waals surface area (Å²) in [6.45, 7) is 0.258. The van der Waals surface area contributed by atoms with Crippen LogP contribution in [0.25, 0.3) is 0 Å². The van der Waals surface area contributed by atoms with Gasteiger partial charge in [-0.15, -0.1) is 0 Å². The molecule has 1 aliphatic carbocycles. The molecule has 0 heterocycles. The van der Waals surface area contributed by atoms with E-state index >= 15 is 0 Å². The second-order valence-corrected chi connectivity index (χ2v) is 5.38. The molecular weight excluding hydrogens is 273 g/mol. The Morgan fingerprint density at radius 3 is 2.43 bits per heavy atom. The molecule has 1 aliphatic rings. The third-order valence-electron chi connectivity index (χ3n) is 4.13. The highest BCUT2D eigenvalue weighted by atomic mass is 19.1. The smallest absolute Gasteiger partial charge is 0.307 e. The quantitative estimate of drug-likeness (QED) is 0.848. The van der Waals surface area contributed by atoms with Crippen molar-refractivity contribution in [1.82, 2.24) is 5.32 Å². The van der Waals surface area contributed by atoms with Gasteiger partial charge in [-0.2, -0.15) is 0 Å². The molecule has 5 heteroatoms. The van der Waals surface area contributed by atoms with Gasteiger partial charge in [0.15, 0.2) is 0 Å². The summed E-state index contributed by atoms with van der Waals surface area (Å²) in [5.41, 5.74) is 0.251. The topological polar surface area (TPSA) is 55.4 Å². The minimum Gasteiger partial charge on any atom is -0.469 e. The molecule has 0 atom stereocenters. The number of carbonyl (C=O) groups is 2. The van der Waals surface area contributed by atoms with E-state index in [-0.39, 0.29) is 30.7 Å². The van der Waals surface area contributed by atoms with Gasteiger partial charge in [-0.25, -0.2) is 4.39 Å². The summed E-state index contributed by atoms with van der Waals surface area (Å²) < 4.78 is 17.6. The number of hydrogen-bond acceptors (Lipinski definition) is 3. The van der Waals surface area contributed by atoms with Crippen LogP contribution in [0.1, 0.15) is 37.7 Å². The van der Waals surface area contributed by atoms with Crippen LogP contribution < -0.4 is 5.32 Å². The molecule has 1 saturated carbocycles. The maximum absolute atomic E-state index is 13.1. The minimum atomic E-state index is -0.593. The fraction of sp³-hybridized carbons (Fsp3) is 0.500. The monoisotopic (exact) mass is 293 g/mol. The number of ether oxygens (including phenoxy) is 1. The van der Waals surface area contributed by atoms with Crippen LogP contribution >= 0.6 is 0 Å². The molecule has 2 rings (SSSR count). The number of carbonyl (C=O) groups excluding carboxylic acids is 2. The number of benzene rings is 1. The Kier molecular flexibility index (Phi) is 4.94. The van der Waals surface area contributed by atoms with E-state index < -0.39 is 5.41 Å². The van der Waals surface area contributed by atoms with Gasteiger partial charge in [0.25, 0.3) is 0 Å². The van der Waals surface area contributed by atoms with Crippen LogP contribution in [0, 0.1) is 5.82 Å². The molecular formula is C16H20FNO3. The van der Waals surface area contributed by atoms with Crippen LogP contribution in [-0.4, -0.2) is 25.5 Å². The molecule has 1 fully saturated rings. The van der Waals surface area contributed by atoms with Gasteiger partial charge in [-0.3, -0.25) is 9.59 Å². The van der Waals surface area contributed by atoms with Crippen LogP contribution in [0.4, 0.5) is 4.39 Å². The van der Waals surface area contributed by atoms with Crippen molar-refractivity contribution in [2.75, 3.05) is 13.7 Å². The van der Waals surface area contributed by atoms with E-state index in [1.165, 1.54) is 19.2 Å². The van der Waals surface area contributed by atoms with Crippen molar-refractivity contribution < 1.29 is 18.7 Å². The van der Waals surface area contributed by atoms with Crippen LogP contribution in [-0.2, 0) is 19.7 Å². The molecule has 0 radical (unpaired) electrons. The second-order valence-electron chi connectivity index (χ2n) is 5.38. The molecule has 0 saturated heterocycles. The minimum absolute atomic E-state index is 0.0875. The predicted octanol–water partition coefficient (Wildman–Crippen LogP) is 2.32. The molecule has 0 bridgehead atoms. The van der Waals surface area contributed by atoms with Crippen LogP contribution in [0.5, 0.6) is 0 Å². The fourth-order valence-electron chi connectivity index (χ4n) is 2.94. The zero-order valence-electron chi connectivity index (χ0n) is 12.2. The zero-order chi connectivity index (χ0) is 15.3. The van der Waals surface area contributed by atoms with Gasteiger partial charge >= 0.3 is 5.97 Å². The van der Waals surface area contributed by atoms with Gasteiger partial charge in [-0.1, -0.05) is 25.0 Å². The first-order valence-corrected chi connectivity index (χ1v) is 7.20. The van der Waals surface area contributed by atoms with Crippen molar-refractivity contribution in [2.45, 2.75) is 37.5 Å². The lowest BCUT2D eigenvalue weighted by atomic mass is 9.78. The van der Waals surface area contributed by atoms with E-state index in [4.69, 9.17) is 0 Å². The van der Waals surface area contributed by atoms with Crippen molar-refractivity contribution in [2.24, 2.45) is 0 Å². The third-order valence-corrected chi connectivity index (χ3v) is 4.13. The number of methoxy groups -OCH3 is 1. The highest BCUT2D eigenvalue weighted by molar-refractivity contribution is 5.88. The number of halogens is 1. The Morgan fingerprint density at radius 1 is 1.24 bits per heavy atom. The molecule has 4 nitrogen and oxygen atoms in total. The average Bonchev–Trinajstić information content (AvgIpc) is 2.98. The summed E-state index contributed by atoms with van der Waals surface area (Å²) >= 11 is 0. The molecule has 21 heavy (non-hydrogen) atoms. The lowest BCUT2D eigenvalue weighted by Crippen LogP contribution is -2.43. The standard InChI is InChI=1S/C16H20FNO3/c1-21-14(19)8-11-18-15(20)16(9-2-3-10-16)12-4-6-13(17)7-5-12/h4-7H,2-3,8-11H2,1H3,(H,18,20). The second kappa shape index (κ2) is 6.70. The Labute approximate surface area is 123 Å². The van der Waals surface area contributed by atoms with Gasteiger partial charge in [0.2, 0.25) is 5.91 Å². The number of nitrogens with one attached hydrogen (secondary N) is 1. The molecule has 1 aromatic rings. The number of esters is 1. The van der Waals surface area contributed by atoms with E-state index in [0.29, 0.717) is 0 Å². The van der Waals surface area contributed by atoms with Crippen LogP contribution in [0.3, 0.4) is 0 Å². The fourth-order valence-corrected chi connectivity index (χ4v) is 2.94. The van der Waals surface area contributed by atoms with Crippen LogP contribution in [0.15, 0.2) is 24.3 Å². The molecule has 114 valence electrons. The van der Waals surface area contributed by atoms with Gasteiger partial charge in [0.1, 0.15) is 5.82 Å². The van der Waals surface area contributed by atoms with Crippen molar-refractivity contribution in [3.63, 3.8) is 0 Å². The Balaban J connectivity index is 2.09. The SMILES string of the molecule is COC(=O)CCNC(=O)C1(c2ccc(F)cc2)CCCC1. The van der Waals surface area contributed by atoms with E-state index in [2.05, 4.69) is 10.1 Å². The lowest BCUT2D eigenvalue weighted by Gasteiger charge is -2.28. The highest BCUT2D eigenvalue weighted by Crippen LogP contribution is 2.41. The van der Waals surface area contributed by atoms with Crippen molar-refractivity contribution in [3.05, 3.63) is 35.6 Å². The van der Waals surface area contributed by atoms with E-state index in [1.54, 1.807) is 12.1 Å². The summed E-state index contributed by atoms with van der Waals surface area (Å²) in [5.74, 6) is -0.744. The normalized spacial score (nSPS) is 16.5. The van der Waals surface area contributed by atoms with Gasteiger partial charge < -0.3 is 10.1 Å². The summed E-state index contributed by atoms with van der Waals surface area (Å²) in [6, 6.07) is 6.13. The van der Waals surface area contributed by atoms with Gasteiger partial charge in [-0.05, 0) is 30.5 Å². The first-order chi connectivity index (χ1) is 10.1. The maximum Gasteiger partial charge on any atom is 0.307 e. The lowest BCUT2D eigenvalue weighted by molar-refractivity contribution is -0.140. The van der Waals surface area contributed by atoms with Crippen molar-refractivity contribution >= 4 is 11.9 Å². The molecule has 1 N–H and O–H groups in total. The molecule has 0 spiro atoms. The summed E-state index contributed by atoms with van der Waals surface area (Å²) in [7, 11) is 1.32. The summed E-state index contributed by atoms with van der Waals surface area (Å²) in [5, 5.41) is 2.81. The largest absolute Gasteiger partial charge is 0.469 e. The van der Waals surface area contributed by atoms with E-state index in [9.17, 15) is 14.0 Å². The first kappa shape index (κ1) is 15.5. The Morgan fingerprint density at radius 2 is 1.86 bits per heavy atom. The van der Waals surface area contributed by atoms with Gasteiger partial charge in [0.05, 0.1) is 18.9 Å². The van der Waals surface area contributed by atoms with Crippen molar-refractivity contribution in [3.8, 4) is 0 Å². The van der Waals surface area contributed by atoms with E-state index in [1.807, 2.05) is 0 Å². The third kappa shape index (κ3) is 3.40. The van der Waals surface area contributed by atoms with E-state index in [0.717, 1.165) is 31.2 Å². The maximum atomic E-state index is 13.1. The first-order valence-electron chi connectivity index (χ1n) is 7.20. The summed E-state index contributed by atoms with van der Waals surface area (Å²) in [4.78, 5) is 23.7. The van der Waals surface area contributed by atoms with Crippen molar-refractivity contribution in [1.29, 1.82) is 0 Å². The molecule has 0 unspecified atom stereocenters. The van der Waals surface area contributed by atoms with Gasteiger partial charge in [0, 0.05) is 6.54 Å². The number of hydrogen-bond donors (Lipinski definition) is 1. The molecule has 0 aromatic heterocycles. The average molecular weight is 293 g/mol. The van der Waals surface area contributed by atoms with Crippen LogP contribution in [0.2, 0.25) is 0 Å². The molecule has 1 aromatic carbocycles. The Bertz CT molecular complexity index is 507. The summed E-state index contributed by atoms with van der Waals surface area (Å²) in [6.07, 6.45) is 3.61. The number of rotatable bonds is 5. The highest BCUT2D eigenvalue weighted by Gasteiger charge is 2.42. The molecule has 0 aliphatic heterocycles. The number of amides is 1. The Hall–Kier alpha value is -1.91.